The lowest BCUT2D eigenvalue weighted by Crippen LogP contribution is -2.18. The highest BCUT2D eigenvalue weighted by molar-refractivity contribution is 6.30. The number of carbonyl (C=O) groups excluding carboxylic acids is 1. The zero-order valence-electron chi connectivity index (χ0n) is 11.4. The molecular weight excluding hydrogens is 274 g/mol. The van der Waals surface area contributed by atoms with E-state index in [-0.39, 0.29) is 5.91 Å². The molecule has 0 fully saturated rings. The van der Waals surface area contributed by atoms with Gasteiger partial charge in [0.2, 0.25) is 5.91 Å². The molecule has 1 aromatic carbocycles. The molecule has 1 heterocycles. The van der Waals surface area contributed by atoms with Crippen LogP contribution in [0.2, 0.25) is 5.02 Å². The molecule has 0 atom stereocenters. The molecule has 2 aromatic rings. The number of aromatic nitrogens is 1. The third kappa shape index (κ3) is 4.40. The van der Waals surface area contributed by atoms with Crippen molar-refractivity contribution in [2.24, 2.45) is 0 Å². The molecule has 0 radical (unpaired) electrons. The number of hydrogen-bond acceptors (Lipinski definition) is 2. The van der Waals surface area contributed by atoms with Crippen molar-refractivity contribution in [3.05, 3.63) is 53.3 Å². The largest absolute Gasteiger partial charge is 0.345 e. The Morgan fingerprint density at radius 1 is 1.25 bits per heavy atom. The summed E-state index contributed by atoms with van der Waals surface area (Å²) in [6.45, 7) is 4.12. The van der Waals surface area contributed by atoms with E-state index in [2.05, 4.69) is 17.6 Å². The predicted octanol–water partition coefficient (Wildman–Crippen LogP) is 2.89. The SMILES string of the molecule is CCNCc1ccn(CC(=O)Nc2ccc(Cl)cc2)c1. The average molecular weight is 292 g/mol. The lowest BCUT2D eigenvalue weighted by Gasteiger charge is -2.06. The van der Waals surface area contributed by atoms with Crippen molar-refractivity contribution in [1.82, 2.24) is 9.88 Å². The Labute approximate surface area is 123 Å². The van der Waals surface area contributed by atoms with Crippen LogP contribution in [0.5, 0.6) is 0 Å². The normalized spacial score (nSPS) is 10.5. The van der Waals surface area contributed by atoms with Crippen LogP contribution in [0.4, 0.5) is 5.69 Å². The van der Waals surface area contributed by atoms with Crippen LogP contribution >= 0.6 is 11.6 Å². The summed E-state index contributed by atoms with van der Waals surface area (Å²) in [4.78, 5) is 11.9. The van der Waals surface area contributed by atoms with E-state index in [1.807, 2.05) is 23.0 Å². The molecule has 1 aromatic heterocycles. The topological polar surface area (TPSA) is 46.1 Å². The first-order valence-electron chi connectivity index (χ1n) is 6.58. The van der Waals surface area contributed by atoms with Gasteiger partial charge in [0.1, 0.15) is 6.54 Å². The van der Waals surface area contributed by atoms with E-state index in [1.54, 1.807) is 24.3 Å². The Morgan fingerprint density at radius 3 is 2.70 bits per heavy atom. The fraction of sp³-hybridized carbons (Fsp3) is 0.267. The molecule has 4 nitrogen and oxygen atoms in total. The summed E-state index contributed by atoms with van der Waals surface area (Å²) < 4.78 is 1.87. The van der Waals surface area contributed by atoms with Crippen molar-refractivity contribution < 1.29 is 4.79 Å². The summed E-state index contributed by atoms with van der Waals surface area (Å²) in [6.07, 6.45) is 3.89. The highest BCUT2D eigenvalue weighted by Gasteiger charge is 2.04. The van der Waals surface area contributed by atoms with Crippen molar-refractivity contribution >= 4 is 23.2 Å². The molecule has 5 heteroatoms. The fourth-order valence-corrected chi connectivity index (χ4v) is 1.99. The summed E-state index contributed by atoms with van der Waals surface area (Å²) in [5.74, 6) is -0.0575. The monoisotopic (exact) mass is 291 g/mol. The number of halogens is 1. The average Bonchev–Trinajstić information content (AvgIpc) is 2.86. The van der Waals surface area contributed by atoms with Gasteiger partial charge >= 0.3 is 0 Å². The third-order valence-electron chi connectivity index (χ3n) is 2.85. The van der Waals surface area contributed by atoms with Crippen LogP contribution < -0.4 is 10.6 Å². The number of rotatable bonds is 6. The Bertz CT molecular complexity index is 563. The summed E-state index contributed by atoms with van der Waals surface area (Å²) in [5, 5.41) is 6.74. The lowest BCUT2D eigenvalue weighted by atomic mass is 10.3. The van der Waals surface area contributed by atoms with E-state index in [9.17, 15) is 4.79 Å². The molecule has 0 bridgehead atoms. The van der Waals surface area contributed by atoms with Gasteiger partial charge in [0.25, 0.3) is 0 Å². The highest BCUT2D eigenvalue weighted by Crippen LogP contribution is 2.13. The van der Waals surface area contributed by atoms with Crippen LogP contribution in [0.1, 0.15) is 12.5 Å². The number of amides is 1. The van der Waals surface area contributed by atoms with Crippen LogP contribution in [-0.2, 0) is 17.9 Å². The number of nitrogens with zero attached hydrogens (tertiary/aromatic N) is 1. The first-order valence-corrected chi connectivity index (χ1v) is 6.96. The molecule has 2 rings (SSSR count). The summed E-state index contributed by atoms with van der Waals surface area (Å²) in [7, 11) is 0. The first-order chi connectivity index (χ1) is 9.67. The van der Waals surface area contributed by atoms with Gasteiger partial charge in [0.05, 0.1) is 0 Å². The van der Waals surface area contributed by atoms with Gasteiger partial charge in [-0.25, -0.2) is 0 Å². The van der Waals surface area contributed by atoms with Gasteiger partial charge < -0.3 is 15.2 Å². The van der Waals surface area contributed by atoms with Gasteiger partial charge in [0, 0.05) is 29.6 Å². The third-order valence-corrected chi connectivity index (χ3v) is 3.10. The minimum atomic E-state index is -0.0575. The molecule has 0 aliphatic heterocycles. The number of anilines is 1. The smallest absolute Gasteiger partial charge is 0.244 e. The van der Waals surface area contributed by atoms with Crippen LogP contribution in [0.15, 0.2) is 42.7 Å². The zero-order chi connectivity index (χ0) is 14.4. The number of hydrogen-bond donors (Lipinski definition) is 2. The Morgan fingerprint density at radius 2 is 2.00 bits per heavy atom. The first kappa shape index (κ1) is 14.6. The minimum Gasteiger partial charge on any atom is -0.345 e. The van der Waals surface area contributed by atoms with E-state index in [0.29, 0.717) is 11.6 Å². The van der Waals surface area contributed by atoms with Crippen LogP contribution in [0.3, 0.4) is 0 Å². The molecule has 1 amide bonds. The number of nitrogens with one attached hydrogen (secondary N) is 2. The second-order valence-corrected chi connectivity index (χ2v) is 4.96. The lowest BCUT2D eigenvalue weighted by molar-refractivity contribution is -0.116. The van der Waals surface area contributed by atoms with Crippen molar-refractivity contribution in [3.8, 4) is 0 Å². The van der Waals surface area contributed by atoms with Crippen molar-refractivity contribution in [2.75, 3.05) is 11.9 Å². The van der Waals surface area contributed by atoms with Gasteiger partial charge in [0.15, 0.2) is 0 Å². The van der Waals surface area contributed by atoms with Gasteiger partial charge in [-0.1, -0.05) is 18.5 Å². The Kier molecular flexibility index (Phi) is 5.21. The summed E-state index contributed by atoms with van der Waals surface area (Å²) in [5.41, 5.74) is 1.92. The van der Waals surface area contributed by atoms with Crippen LogP contribution in [0.25, 0.3) is 0 Å². The van der Waals surface area contributed by atoms with Gasteiger partial charge in [-0.3, -0.25) is 4.79 Å². The fourth-order valence-electron chi connectivity index (χ4n) is 1.86. The zero-order valence-corrected chi connectivity index (χ0v) is 12.2. The molecule has 20 heavy (non-hydrogen) atoms. The molecule has 0 aliphatic carbocycles. The minimum absolute atomic E-state index is 0.0575. The standard InChI is InChI=1S/C15H18ClN3O/c1-2-17-9-12-7-8-19(10-12)11-15(20)18-14-5-3-13(16)4-6-14/h3-8,10,17H,2,9,11H2,1H3,(H,18,20). The Hall–Kier alpha value is -1.78. The van der Waals surface area contributed by atoms with E-state index in [1.165, 1.54) is 5.56 Å². The van der Waals surface area contributed by atoms with Crippen molar-refractivity contribution in [1.29, 1.82) is 0 Å². The highest BCUT2D eigenvalue weighted by atomic mass is 35.5. The molecule has 106 valence electrons. The van der Waals surface area contributed by atoms with Gasteiger partial charge in [-0.05, 0) is 42.4 Å². The molecule has 0 saturated carbocycles. The number of carbonyl (C=O) groups is 1. The maximum atomic E-state index is 11.9. The molecule has 0 unspecified atom stereocenters. The van der Waals surface area contributed by atoms with Crippen molar-refractivity contribution in [2.45, 2.75) is 20.0 Å². The number of benzene rings is 1. The van der Waals surface area contributed by atoms with E-state index in [4.69, 9.17) is 11.6 Å². The quantitative estimate of drug-likeness (QED) is 0.860. The van der Waals surface area contributed by atoms with E-state index >= 15 is 0 Å². The van der Waals surface area contributed by atoms with Gasteiger partial charge in [-0.2, -0.15) is 0 Å². The van der Waals surface area contributed by atoms with E-state index in [0.717, 1.165) is 18.8 Å². The molecular formula is C15H18ClN3O. The Balaban J connectivity index is 1.87. The second kappa shape index (κ2) is 7.12. The van der Waals surface area contributed by atoms with E-state index < -0.39 is 0 Å². The summed E-state index contributed by atoms with van der Waals surface area (Å²) >= 11 is 5.80. The summed E-state index contributed by atoms with van der Waals surface area (Å²) in [6, 6.07) is 9.08. The molecule has 2 N–H and O–H groups in total. The predicted molar refractivity (Wildman–Crippen MR) is 81.9 cm³/mol. The molecule has 0 saturated heterocycles. The molecule has 0 aliphatic rings. The maximum Gasteiger partial charge on any atom is 0.244 e. The van der Waals surface area contributed by atoms with Crippen LogP contribution in [0, 0.1) is 0 Å². The van der Waals surface area contributed by atoms with Crippen molar-refractivity contribution in [3.63, 3.8) is 0 Å². The molecule has 0 spiro atoms. The maximum absolute atomic E-state index is 11.9. The second-order valence-electron chi connectivity index (χ2n) is 4.53. The van der Waals surface area contributed by atoms with Gasteiger partial charge in [-0.15, -0.1) is 0 Å². The van der Waals surface area contributed by atoms with Crippen LogP contribution in [-0.4, -0.2) is 17.0 Å².